The third-order valence-corrected chi connectivity index (χ3v) is 3.21. The van der Waals surface area contributed by atoms with E-state index in [-0.39, 0.29) is 0 Å². The lowest BCUT2D eigenvalue weighted by Gasteiger charge is -2.27. The maximum atomic E-state index is 5.92. The minimum Gasteiger partial charge on any atom is -0.487 e. The van der Waals surface area contributed by atoms with Crippen LogP contribution in [0.3, 0.4) is 0 Å². The number of ether oxygens (including phenoxy) is 1. The van der Waals surface area contributed by atoms with Gasteiger partial charge in [-0.3, -0.25) is 0 Å². The summed E-state index contributed by atoms with van der Waals surface area (Å²) < 4.78 is 5.92. The van der Waals surface area contributed by atoms with E-state index in [9.17, 15) is 0 Å². The SMILES string of the molecule is Cc1ccc(OC2CCCC(C)C2)c(N)n1. The summed E-state index contributed by atoms with van der Waals surface area (Å²) in [5.41, 5.74) is 6.77. The Morgan fingerprint density at radius 3 is 2.88 bits per heavy atom. The van der Waals surface area contributed by atoms with E-state index in [4.69, 9.17) is 10.5 Å². The number of nitrogens with zero attached hydrogens (tertiary/aromatic N) is 1. The number of aryl methyl sites for hydroxylation is 1. The van der Waals surface area contributed by atoms with Gasteiger partial charge in [0.1, 0.15) is 0 Å². The second-order valence-corrected chi connectivity index (χ2v) is 4.85. The number of nitrogens with two attached hydrogens (primary N) is 1. The molecule has 1 heterocycles. The number of anilines is 1. The molecular formula is C13H20N2O. The molecule has 0 saturated heterocycles. The van der Waals surface area contributed by atoms with E-state index in [2.05, 4.69) is 11.9 Å². The Balaban J connectivity index is 2.02. The molecule has 0 radical (unpaired) electrons. The van der Waals surface area contributed by atoms with Gasteiger partial charge in [-0.1, -0.05) is 13.3 Å². The number of hydrogen-bond donors (Lipinski definition) is 1. The van der Waals surface area contributed by atoms with Crippen LogP contribution in [0.15, 0.2) is 12.1 Å². The molecule has 1 fully saturated rings. The number of nitrogen functional groups attached to an aromatic ring is 1. The quantitative estimate of drug-likeness (QED) is 0.833. The third kappa shape index (κ3) is 2.65. The van der Waals surface area contributed by atoms with E-state index >= 15 is 0 Å². The third-order valence-electron chi connectivity index (χ3n) is 3.21. The van der Waals surface area contributed by atoms with Gasteiger partial charge in [0.05, 0.1) is 6.10 Å². The Labute approximate surface area is 97.0 Å². The second-order valence-electron chi connectivity index (χ2n) is 4.85. The average molecular weight is 220 g/mol. The molecule has 1 aromatic rings. The second kappa shape index (κ2) is 4.73. The van der Waals surface area contributed by atoms with Gasteiger partial charge in [-0.15, -0.1) is 0 Å². The van der Waals surface area contributed by atoms with Gasteiger partial charge >= 0.3 is 0 Å². The molecule has 88 valence electrons. The van der Waals surface area contributed by atoms with Crippen molar-refractivity contribution in [3.8, 4) is 5.75 Å². The number of pyridine rings is 1. The van der Waals surface area contributed by atoms with Crippen molar-refractivity contribution in [1.29, 1.82) is 0 Å². The Bertz CT molecular complexity index is 365. The largest absolute Gasteiger partial charge is 0.487 e. The van der Waals surface area contributed by atoms with E-state index in [1.807, 2.05) is 19.1 Å². The minimum absolute atomic E-state index is 0.315. The summed E-state index contributed by atoms with van der Waals surface area (Å²) in [6, 6.07) is 3.87. The lowest BCUT2D eigenvalue weighted by Crippen LogP contribution is -2.24. The first-order valence-corrected chi connectivity index (χ1v) is 6.05. The molecular weight excluding hydrogens is 200 g/mol. The molecule has 1 aliphatic carbocycles. The van der Waals surface area contributed by atoms with Gasteiger partial charge in [0.15, 0.2) is 11.6 Å². The zero-order valence-corrected chi connectivity index (χ0v) is 10.1. The molecule has 0 bridgehead atoms. The molecule has 2 rings (SSSR count). The normalized spacial score (nSPS) is 25.4. The molecule has 3 heteroatoms. The summed E-state index contributed by atoms with van der Waals surface area (Å²) in [4.78, 5) is 4.21. The van der Waals surface area contributed by atoms with E-state index in [0.717, 1.165) is 30.2 Å². The van der Waals surface area contributed by atoms with Gasteiger partial charge in [-0.25, -0.2) is 4.98 Å². The Kier molecular flexibility index (Phi) is 3.32. The van der Waals surface area contributed by atoms with Gasteiger partial charge < -0.3 is 10.5 Å². The van der Waals surface area contributed by atoms with Crippen molar-refractivity contribution in [3.05, 3.63) is 17.8 Å². The first-order chi connectivity index (χ1) is 7.65. The van der Waals surface area contributed by atoms with Crippen LogP contribution in [0.25, 0.3) is 0 Å². The van der Waals surface area contributed by atoms with Crippen molar-refractivity contribution in [2.24, 2.45) is 5.92 Å². The summed E-state index contributed by atoms with van der Waals surface area (Å²) in [6.07, 6.45) is 5.16. The molecule has 2 N–H and O–H groups in total. The Morgan fingerprint density at radius 1 is 1.38 bits per heavy atom. The topological polar surface area (TPSA) is 48.1 Å². The highest BCUT2D eigenvalue weighted by molar-refractivity contribution is 5.46. The van der Waals surface area contributed by atoms with Crippen molar-refractivity contribution in [2.45, 2.75) is 45.6 Å². The summed E-state index contributed by atoms with van der Waals surface area (Å²) >= 11 is 0. The number of aromatic nitrogens is 1. The molecule has 3 nitrogen and oxygen atoms in total. The van der Waals surface area contributed by atoms with Gasteiger partial charge in [-0.2, -0.15) is 0 Å². The predicted molar refractivity (Wildman–Crippen MR) is 65.4 cm³/mol. The summed E-state index contributed by atoms with van der Waals surface area (Å²) in [6.45, 7) is 4.22. The molecule has 0 aliphatic heterocycles. The summed E-state index contributed by atoms with van der Waals surface area (Å²) in [5, 5.41) is 0. The number of hydrogen-bond acceptors (Lipinski definition) is 3. The van der Waals surface area contributed by atoms with E-state index in [1.165, 1.54) is 12.8 Å². The van der Waals surface area contributed by atoms with Gasteiger partial charge in [0.2, 0.25) is 0 Å². The molecule has 0 amide bonds. The standard InChI is InChI=1S/C13H20N2O/c1-9-4-3-5-11(8-9)16-12-7-6-10(2)15-13(12)14/h6-7,9,11H,3-5,8H2,1-2H3,(H2,14,15). The Hall–Kier alpha value is -1.25. The molecule has 16 heavy (non-hydrogen) atoms. The van der Waals surface area contributed by atoms with E-state index in [0.29, 0.717) is 11.9 Å². The monoisotopic (exact) mass is 220 g/mol. The smallest absolute Gasteiger partial charge is 0.166 e. The molecule has 0 spiro atoms. The van der Waals surface area contributed by atoms with Gasteiger partial charge in [0, 0.05) is 5.69 Å². The fourth-order valence-corrected chi connectivity index (χ4v) is 2.33. The molecule has 1 aliphatic rings. The first kappa shape index (κ1) is 11.2. The minimum atomic E-state index is 0.315. The maximum Gasteiger partial charge on any atom is 0.166 e. The zero-order valence-electron chi connectivity index (χ0n) is 10.1. The summed E-state index contributed by atoms with van der Waals surface area (Å²) in [5.74, 6) is 2.02. The van der Waals surface area contributed by atoms with Crippen LogP contribution >= 0.6 is 0 Å². The van der Waals surface area contributed by atoms with Crippen molar-refractivity contribution in [3.63, 3.8) is 0 Å². The lowest BCUT2D eigenvalue weighted by molar-refractivity contribution is 0.129. The van der Waals surface area contributed by atoms with Crippen molar-refractivity contribution in [1.82, 2.24) is 4.98 Å². The van der Waals surface area contributed by atoms with Crippen LogP contribution in [-0.4, -0.2) is 11.1 Å². The highest BCUT2D eigenvalue weighted by Crippen LogP contribution is 2.29. The van der Waals surface area contributed by atoms with Crippen molar-refractivity contribution in [2.75, 3.05) is 5.73 Å². The molecule has 1 aromatic heterocycles. The molecule has 2 unspecified atom stereocenters. The Morgan fingerprint density at radius 2 is 2.19 bits per heavy atom. The van der Waals surface area contributed by atoms with Gasteiger partial charge in [0.25, 0.3) is 0 Å². The lowest BCUT2D eigenvalue weighted by atomic mass is 9.89. The summed E-state index contributed by atoms with van der Waals surface area (Å²) in [7, 11) is 0. The van der Waals surface area contributed by atoms with Crippen molar-refractivity contribution >= 4 is 5.82 Å². The van der Waals surface area contributed by atoms with Crippen LogP contribution in [0.4, 0.5) is 5.82 Å². The molecule has 1 saturated carbocycles. The van der Waals surface area contributed by atoms with E-state index in [1.54, 1.807) is 0 Å². The highest BCUT2D eigenvalue weighted by Gasteiger charge is 2.20. The van der Waals surface area contributed by atoms with Crippen LogP contribution in [0.2, 0.25) is 0 Å². The van der Waals surface area contributed by atoms with E-state index < -0.39 is 0 Å². The zero-order chi connectivity index (χ0) is 11.5. The number of rotatable bonds is 2. The first-order valence-electron chi connectivity index (χ1n) is 6.05. The predicted octanol–water partition coefficient (Wildman–Crippen LogP) is 2.93. The van der Waals surface area contributed by atoms with Crippen LogP contribution in [0.5, 0.6) is 5.75 Å². The maximum absolute atomic E-state index is 5.92. The molecule has 2 atom stereocenters. The van der Waals surface area contributed by atoms with Crippen molar-refractivity contribution < 1.29 is 4.74 Å². The highest BCUT2D eigenvalue weighted by atomic mass is 16.5. The van der Waals surface area contributed by atoms with Crippen LogP contribution < -0.4 is 10.5 Å². The van der Waals surface area contributed by atoms with Gasteiger partial charge in [-0.05, 0) is 44.2 Å². The van der Waals surface area contributed by atoms with Crippen LogP contribution in [-0.2, 0) is 0 Å². The fraction of sp³-hybridized carbons (Fsp3) is 0.615. The van der Waals surface area contributed by atoms with Crippen LogP contribution in [0.1, 0.15) is 38.3 Å². The fourth-order valence-electron chi connectivity index (χ4n) is 2.33. The molecule has 0 aromatic carbocycles. The average Bonchev–Trinajstić information content (AvgIpc) is 2.22. The van der Waals surface area contributed by atoms with Crippen LogP contribution in [0, 0.1) is 12.8 Å².